The number of carbonyl (C=O) groups is 1. The standard InChI is InChI=1S/C4H11NO2.C4H8O2/c6-3-1-5-2-4-7;1-3-6-4(2)5/h5-7H,1-4H2;3H2,1-2H3. The second-order valence-corrected chi connectivity index (χ2v) is 2.12. The van der Waals surface area contributed by atoms with Crippen LogP contribution < -0.4 is 5.32 Å². The molecule has 0 aliphatic carbocycles. The highest BCUT2D eigenvalue weighted by molar-refractivity contribution is 5.65. The summed E-state index contributed by atoms with van der Waals surface area (Å²) in [6.45, 7) is 5.07. The van der Waals surface area contributed by atoms with Crippen LogP contribution in [-0.2, 0) is 9.53 Å². The Balaban J connectivity index is 0. The van der Waals surface area contributed by atoms with Gasteiger partial charge in [-0.1, -0.05) is 0 Å². The zero-order chi connectivity index (χ0) is 10.5. The molecule has 0 heterocycles. The van der Waals surface area contributed by atoms with Crippen LogP contribution in [-0.4, -0.2) is 49.1 Å². The second kappa shape index (κ2) is 13.9. The van der Waals surface area contributed by atoms with Crippen LogP contribution in [0.4, 0.5) is 0 Å². The summed E-state index contributed by atoms with van der Waals surface area (Å²) in [5.41, 5.74) is 0. The lowest BCUT2D eigenvalue weighted by Gasteiger charge is -1.94. The predicted molar refractivity (Wildman–Crippen MR) is 49.3 cm³/mol. The minimum Gasteiger partial charge on any atom is -0.466 e. The Hall–Kier alpha value is -0.650. The van der Waals surface area contributed by atoms with Crippen LogP contribution in [0.2, 0.25) is 0 Å². The summed E-state index contributed by atoms with van der Waals surface area (Å²) in [5.74, 6) is -0.211. The van der Waals surface area contributed by atoms with E-state index in [1.165, 1.54) is 6.92 Å². The minimum absolute atomic E-state index is 0.139. The number of rotatable bonds is 5. The van der Waals surface area contributed by atoms with E-state index in [9.17, 15) is 4.79 Å². The molecule has 0 bridgehead atoms. The van der Waals surface area contributed by atoms with Crippen molar-refractivity contribution < 1.29 is 19.7 Å². The Labute approximate surface area is 78.7 Å². The maximum atomic E-state index is 9.82. The third kappa shape index (κ3) is 24.6. The number of nitrogens with one attached hydrogen (secondary N) is 1. The number of esters is 1. The number of aliphatic hydroxyl groups excluding tert-OH is 2. The van der Waals surface area contributed by atoms with Crippen molar-refractivity contribution in [1.82, 2.24) is 5.32 Å². The number of ether oxygens (including phenoxy) is 1. The number of hydrogen-bond donors (Lipinski definition) is 3. The van der Waals surface area contributed by atoms with Gasteiger partial charge in [0.15, 0.2) is 0 Å². The topological polar surface area (TPSA) is 78.8 Å². The second-order valence-electron chi connectivity index (χ2n) is 2.12. The van der Waals surface area contributed by atoms with Crippen molar-refractivity contribution in [1.29, 1.82) is 0 Å². The summed E-state index contributed by atoms with van der Waals surface area (Å²) in [6, 6.07) is 0. The minimum atomic E-state index is -0.211. The van der Waals surface area contributed by atoms with Gasteiger partial charge in [0.2, 0.25) is 0 Å². The fourth-order valence-electron chi connectivity index (χ4n) is 0.486. The van der Waals surface area contributed by atoms with Crippen molar-refractivity contribution >= 4 is 5.97 Å². The molecule has 0 rings (SSSR count). The SMILES string of the molecule is CCOC(C)=O.OCCNCCO. The highest BCUT2D eigenvalue weighted by Gasteiger charge is 1.81. The molecule has 0 unspecified atom stereocenters. The molecule has 5 nitrogen and oxygen atoms in total. The average molecular weight is 193 g/mol. The van der Waals surface area contributed by atoms with Gasteiger partial charge in [-0.2, -0.15) is 0 Å². The van der Waals surface area contributed by atoms with Crippen LogP contribution in [0.5, 0.6) is 0 Å². The normalized spacial score (nSPS) is 8.62. The van der Waals surface area contributed by atoms with E-state index < -0.39 is 0 Å². The molecule has 0 saturated carbocycles. The van der Waals surface area contributed by atoms with E-state index in [2.05, 4.69) is 10.1 Å². The fraction of sp³-hybridized carbons (Fsp3) is 0.875. The zero-order valence-corrected chi connectivity index (χ0v) is 8.25. The first kappa shape index (κ1) is 14.9. The first-order chi connectivity index (χ1) is 6.18. The van der Waals surface area contributed by atoms with Gasteiger partial charge in [0, 0.05) is 20.0 Å². The predicted octanol–water partition coefficient (Wildman–Crippen LogP) is -0.870. The molecule has 80 valence electrons. The van der Waals surface area contributed by atoms with Crippen molar-refractivity contribution in [2.75, 3.05) is 32.9 Å². The van der Waals surface area contributed by atoms with Crippen LogP contribution >= 0.6 is 0 Å². The monoisotopic (exact) mass is 193 g/mol. The van der Waals surface area contributed by atoms with E-state index in [1.54, 1.807) is 6.92 Å². The molecule has 0 atom stereocenters. The van der Waals surface area contributed by atoms with Crippen LogP contribution in [0.15, 0.2) is 0 Å². The maximum absolute atomic E-state index is 9.82. The third-order valence-corrected chi connectivity index (χ3v) is 0.925. The summed E-state index contributed by atoms with van der Waals surface area (Å²) in [4.78, 5) is 9.82. The van der Waals surface area contributed by atoms with Crippen molar-refractivity contribution in [3.05, 3.63) is 0 Å². The van der Waals surface area contributed by atoms with Gasteiger partial charge >= 0.3 is 5.97 Å². The molecular formula is C8H19NO4. The molecule has 0 amide bonds. The number of hydrogen-bond acceptors (Lipinski definition) is 5. The molecule has 0 aliphatic rings. The highest BCUT2D eigenvalue weighted by Crippen LogP contribution is 1.69. The van der Waals surface area contributed by atoms with Crippen molar-refractivity contribution in [3.8, 4) is 0 Å². The Morgan fingerprint density at radius 1 is 1.31 bits per heavy atom. The van der Waals surface area contributed by atoms with Gasteiger partial charge in [0.25, 0.3) is 0 Å². The summed E-state index contributed by atoms with van der Waals surface area (Å²) >= 11 is 0. The van der Waals surface area contributed by atoms with Gasteiger partial charge in [-0.3, -0.25) is 4.79 Å². The van der Waals surface area contributed by atoms with Crippen LogP contribution in [0.25, 0.3) is 0 Å². The van der Waals surface area contributed by atoms with Crippen molar-refractivity contribution in [2.24, 2.45) is 0 Å². The molecular weight excluding hydrogens is 174 g/mol. The average Bonchev–Trinajstić information content (AvgIpc) is 2.06. The lowest BCUT2D eigenvalue weighted by Crippen LogP contribution is -2.21. The van der Waals surface area contributed by atoms with Gasteiger partial charge in [0.1, 0.15) is 0 Å². The molecule has 0 aliphatic heterocycles. The molecule has 5 heteroatoms. The number of carbonyl (C=O) groups excluding carboxylic acids is 1. The molecule has 0 spiro atoms. The molecule has 0 saturated heterocycles. The van der Waals surface area contributed by atoms with Gasteiger partial charge in [0.05, 0.1) is 19.8 Å². The quantitative estimate of drug-likeness (QED) is 0.391. The van der Waals surface area contributed by atoms with E-state index in [0.717, 1.165) is 0 Å². The molecule has 0 aromatic heterocycles. The molecule has 13 heavy (non-hydrogen) atoms. The van der Waals surface area contributed by atoms with E-state index in [-0.39, 0.29) is 19.2 Å². The van der Waals surface area contributed by atoms with E-state index >= 15 is 0 Å². The maximum Gasteiger partial charge on any atom is 0.302 e. The Morgan fingerprint density at radius 3 is 1.92 bits per heavy atom. The number of aliphatic hydroxyl groups is 2. The van der Waals surface area contributed by atoms with E-state index in [1.807, 2.05) is 0 Å². The molecule has 0 fully saturated rings. The largest absolute Gasteiger partial charge is 0.466 e. The summed E-state index contributed by atoms with van der Waals surface area (Å²) in [6.07, 6.45) is 0. The Morgan fingerprint density at radius 2 is 1.77 bits per heavy atom. The van der Waals surface area contributed by atoms with Gasteiger partial charge in [-0.25, -0.2) is 0 Å². The zero-order valence-electron chi connectivity index (χ0n) is 8.25. The van der Waals surface area contributed by atoms with E-state index in [0.29, 0.717) is 19.7 Å². The summed E-state index contributed by atoms with van der Waals surface area (Å²) < 4.78 is 4.40. The highest BCUT2D eigenvalue weighted by atomic mass is 16.5. The lowest BCUT2D eigenvalue weighted by atomic mass is 10.6. The molecule has 0 aromatic carbocycles. The van der Waals surface area contributed by atoms with Crippen molar-refractivity contribution in [3.63, 3.8) is 0 Å². The lowest BCUT2D eigenvalue weighted by molar-refractivity contribution is -0.140. The molecule has 0 radical (unpaired) electrons. The van der Waals surface area contributed by atoms with E-state index in [4.69, 9.17) is 10.2 Å². The van der Waals surface area contributed by atoms with Crippen LogP contribution in [0.3, 0.4) is 0 Å². The van der Waals surface area contributed by atoms with Crippen LogP contribution in [0.1, 0.15) is 13.8 Å². The van der Waals surface area contributed by atoms with Gasteiger partial charge < -0.3 is 20.3 Å². The van der Waals surface area contributed by atoms with Gasteiger partial charge in [-0.05, 0) is 6.92 Å². The molecule has 0 aromatic rings. The molecule has 3 N–H and O–H groups in total. The summed E-state index contributed by atoms with van der Waals surface area (Å²) in [7, 11) is 0. The third-order valence-electron chi connectivity index (χ3n) is 0.925. The van der Waals surface area contributed by atoms with Gasteiger partial charge in [-0.15, -0.1) is 0 Å². The first-order valence-corrected chi connectivity index (χ1v) is 4.24. The first-order valence-electron chi connectivity index (χ1n) is 4.24. The Bertz CT molecular complexity index is 104. The smallest absolute Gasteiger partial charge is 0.302 e. The van der Waals surface area contributed by atoms with Crippen LogP contribution in [0, 0.1) is 0 Å². The summed E-state index contributed by atoms with van der Waals surface area (Å²) in [5, 5.41) is 19.1. The Kier molecular flexibility index (Phi) is 15.9. The fourth-order valence-corrected chi connectivity index (χ4v) is 0.486. The van der Waals surface area contributed by atoms with Crippen molar-refractivity contribution in [2.45, 2.75) is 13.8 Å².